The molecular weight excluding hydrogens is 234 g/mol. The van der Waals surface area contributed by atoms with E-state index in [9.17, 15) is 9.59 Å². The third kappa shape index (κ3) is 3.85. The van der Waals surface area contributed by atoms with Crippen LogP contribution in [0.4, 0.5) is 0 Å². The van der Waals surface area contributed by atoms with Crippen LogP contribution in [0.2, 0.25) is 0 Å². The lowest BCUT2D eigenvalue weighted by atomic mass is 10.1. The molecule has 18 heavy (non-hydrogen) atoms. The average molecular weight is 251 g/mol. The van der Waals surface area contributed by atoms with Gasteiger partial charge in [0.25, 0.3) is 0 Å². The van der Waals surface area contributed by atoms with E-state index in [1.165, 1.54) is 14.2 Å². The summed E-state index contributed by atoms with van der Waals surface area (Å²) in [6.45, 7) is 1.89. The molecule has 1 atom stereocenters. The fourth-order valence-corrected chi connectivity index (χ4v) is 1.52. The minimum absolute atomic E-state index is 0.0323. The third-order valence-corrected chi connectivity index (χ3v) is 2.48. The Balaban J connectivity index is 2.67. The van der Waals surface area contributed by atoms with Gasteiger partial charge >= 0.3 is 5.97 Å². The van der Waals surface area contributed by atoms with Crippen molar-refractivity contribution >= 4 is 11.9 Å². The van der Waals surface area contributed by atoms with Gasteiger partial charge in [-0.15, -0.1) is 0 Å². The van der Waals surface area contributed by atoms with Crippen molar-refractivity contribution in [1.82, 2.24) is 5.32 Å². The molecule has 0 heterocycles. The number of nitrogens with one attached hydrogen (secondary N) is 1. The topological polar surface area (TPSA) is 64.6 Å². The van der Waals surface area contributed by atoms with Gasteiger partial charge in [-0.1, -0.05) is 12.1 Å². The van der Waals surface area contributed by atoms with Crippen molar-refractivity contribution in [2.24, 2.45) is 0 Å². The van der Waals surface area contributed by atoms with Crippen LogP contribution in [0.3, 0.4) is 0 Å². The Hall–Kier alpha value is -1.88. The minimum Gasteiger partial charge on any atom is -0.465 e. The van der Waals surface area contributed by atoms with Gasteiger partial charge in [0.1, 0.15) is 6.61 Å². The number of hydrogen-bond donors (Lipinski definition) is 1. The van der Waals surface area contributed by atoms with Crippen LogP contribution < -0.4 is 5.32 Å². The molecule has 5 nitrogen and oxygen atoms in total. The molecule has 0 spiro atoms. The lowest BCUT2D eigenvalue weighted by molar-refractivity contribution is -0.125. The Kier molecular flexibility index (Phi) is 5.32. The van der Waals surface area contributed by atoms with E-state index >= 15 is 0 Å². The molecule has 5 heteroatoms. The van der Waals surface area contributed by atoms with Crippen LogP contribution in [-0.2, 0) is 14.3 Å². The number of ether oxygens (including phenoxy) is 2. The molecule has 0 unspecified atom stereocenters. The largest absolute Gasteiger partial charge is 0.465 e. The molecule has 1 N–H and O–H groups in total. The Morgan fingerprint density at radius 1 is 1.22 bits per heavy atom. The molecular formula is C13H17NO4. The van der Waals surface area contributed by atoms with E-state index in [0.29, 0.717) is 5.56 Å². The highest BCUT2D eigenvalue weighted by Crippen LogP contribution is 2.13. The normalized spacial score (nSPS) is 11.7. The number of carbonyl (C=O) groups excluding carboxylic acids is 2. The highest BCUT2D eigenvalue weighted by atomic mass is 16.5. The number of benzene rings is 1. The highest BCUT2D eigenvalue weighted by molar-refractivity contribution is 5.89. The zero-order valence-corrected chi connectivity index (χ0v) is 10.7. The van der Waals surface area contributed by atoms with Gasteiger partial charge in [0.2, 0.25) is 5.91 Å². The molecule has 0 saturated carbocycles. The fourth-order valence-electron chi connectivity index (χ4n) is 1.52. The summed E-state index contributed by atoms with van der Waals surface area (Å²) in [7, 11) is 2.80. The Bertz CT molecular complexity index is 414. The summed E-state index contributed by atoms with van der Waals surface area (Å²) in [6, 6.07) is 6.76. The van der Waals surface area contributed by atoms with Gasteiger partial charge < -0.3 is 14.8 Å². The molecule has 0 fully saturated rings. The highest BCUT2D eigenvalue weighted by Gasteiger charge is 2.10. The van der Waals surface area contributed by atoms with Crippen LogP contribution in [0, 0.1) is 0 Å². The molecule has 0 bridgehead atoms. The van der Waals surface area contributed by atoms with Crippen LogP contribution >= 0.6 is 0 Å². The predicted molar refractivity (Wildman–Crippen MR) is 66.2 cm³/mol. The zero-order valence-electron chi connectivity index (χ0n) is 10.7. The summed E-state index contributed by atoms with van der Waals surface area (Å²) >= 11 is 0. The Morgan fingerprint density at radius 2 is 1.83 bits per heavy atom. The van der Waals surface area contributed by atoms with Crippen LogP contribution in [0.15, 0.2) is 24.3 Å². The first-order chi connectivity index (χ1) is 8.58. The lowest BCUT2D eigenvalue weighted by Gasteiger charge is -2.14. The van der Waals surface area contributed by atoms with Crippen molar-refractivity contribution in [3.05, 3.63) is 35.4 Å². The molecule has 1 aromatic carbocycles. The summed E-state index contributed by atoms with van der Waals surface area (Å²) in [6.07, 6.45) is 0. The van der Waals surface area contributed by atoms with Crippen molar-refractivity contribution < 1.29 is 19.1 Å². The van der Waals surface area contributed by atoms with Crippen molar-refractivity contribution in [3.63, 3.8) is 0 Å². The minimum atomic E-state index is -0.377. The third-order valence-electron chi connectivity index (χ3n) is 2.48. The first-order valence-corrected chi connectivity index (χ1v) is 5.55. The van der Waals surface area contributed by atoms with Gasteiger partial charge in [-0.2, -0.15) is 0 Å². The number of rotatable bonds is 5. The summed E-state index contributed by atoms with van der Waals surface area (Å²) in [5, 5.41) is 2.78. The van der Waals surface area contributed by atoms with Gasteiger partial charge in [-0.3, -0.25) is 4.79 Å². The molecule has 0 aliphatic rings. The van der Waals surface area contributed by atoms with E-state index in [0.717, 1.165) is 5.56 Å². The molecule has 0 radical (unpaired) electrons. The second-order valence-electron chi connectivity index (χ2n) is 3.84. The fraction of sp³-hybridized carbons (Fsp3) is 0.385. The van der Waals surface area contributed by atoms with Crippen LogP contribution in [0.1, 0.15) is 28.9 Å². The average Bonchev–Trinajstić information content (AvgIpc) is 2.38. The number of methoxy groups -OCH3 is 2. The van der Waals surface area contributed by atoms with E-state index in [1.54, 1.807) is 24.3 Å². The predicted octanol–water partition coefficient (Wildman–Crippen LogP) is 1.30. The van der Waals surface area contributed by atoms with Crippen LogP contribution in [0.25, 0.3) is 0 Å². The van der Waals surface area contributed by atoms with Gasteiger partial charge in [0.15, 0.2) is 0 Å². The molecule has 0 aromatic heterocycles. The molecule has 0 aliphatic carbocycles. The maximum absolute atomic E-state index is 11.3. The second kappa shape index (κ2) is 6.76. The van der Waals surface area contributed by atoms with Gasteiger partial charge in [-0.25, -0.2) is 4.79 Å². The molecule has 0 saturated heterocycles. The molecule has 1 aromatic rings. The first-order valence-electron chi connectivity index (χ1n) is 5.55. The zero-order chi connectivity index (χ0) is 13.5. The van der Waals surface area contributed by atoms with E-state index in [1.807, 2.05) is 6.92 Å². The molecule has 0 aliphatic heterocycles. The molecule has 1 rings (SSSR count). The smallest absolute Gasteiger partial charge is 0.337 e. The second-order valence-corrected chi connectivity index (χ2v) is 3.84. The van der Waals surface area contributed by atoms with Gasteiger partial charge in [0, 0.05) is 7.11 Å². The SMILES string of the molecule is COCC(=O)N[C@H](C)c1ccc(C(=O)OC)cc1. The van der Waals surface area contributed by atoms with Crippen LogP contribution in [-0.4, -0.2) is 32.7 Å². The van der Waals surface area contributed by atoms with E-state index in [-0.39, 0.29) is 24.5 Å². The van der Waals surface area contributed by atoms with Crippen LogP contribution in [0.5, 0.6) is 0 Å². The monoisotopic (exact) mass is 251 g/mol. The Labute approximate surface area is 106 Å². The van der Waals surface area contributed by atoms with Crippen molar-refractivity contribution in [2.75, 3.05) is 20.8 Å². The lowest BCUT2D eigenvalue weighted by Crippen LogP contribution is -2.29. The summed E-state index contributed by atoms with van der Waals surface area (Å²) < 4.78 is 9.34. The number of carbonyl (C=O) groups is 2. The van der Waals surface area contributed by atoms with Gasteiger partial charge in [-0.05, 0) is 24.6 Å². The van der Waals surface area contributed by atoms with Crippen molar-refractivity contribution in [1.29, 1.82) is 0 Å². The van der Waals surface area contributed by atoms with E-state index in [4.69, 9.17) is 4.74 Å². The molecule has 1 amide bonds. The maximum Gasteiger partial charge on any atom is 0.337 e. The van der Waals surface area contributed by atoms with Crippen molar-refractivity contribution in [2.45, 2.75) is 13.0 Å². The van der Waals surface area contributed by atoms with E-state index in [2.05, 4.69) is 10.1 Å². The molecule has 98 valence electrons. The summed E-state index contributed by atoms with van der Waals surface area (Å²) in [4.78, 5) is 22.6. The number of hydrogen-bond acceptors (Lipinski definition) is 4. The number of esters is 1. The van der Waals surface area contributed by atoms with Crippen molar-refractivity contribution in [3.8, 4) is 0 Å². The standard InChI is InChI=1S/C13H17NO4/c1-9(14-12(15)8-17-2)10-4-6-11(7-5-10)13(16)18-3/h4-7,9H,8H2,1-3H3,(H,14,15)/t9-/m1/s1. The Morgan fingerprint density at radius 3 is 2.33 bits per heavy atom. The summed E-state index contributed by atoms with van der Waals surface area (Å²) in [5.41, 5.74) is 1.39. The quantitative estimate of drug-likeness (QED) is 0.801. The number of amides is 1. The summed E-state index contributed by atoms with van der Waals surface area (Å²) in [5.74, 6) is -0.556. The first kappa shape index (κ1) is 14.2. The maximum atomic E-state index is 11.3. The van der Waals surface area contributed by atoms with Gasteiger partial charge in [0.05, 0.1) is 18.7 Å². The van der Waals surface area contributed by atoms with E-state index < -0.39 is 0 Å².